The molecule has 0 bridgehead atoms. The minimum Gasteiger partial charge on any atom is -0.364 e. The molecule has 0 radical (unpaired) electrons. The number of nitrogens with zero attached hydrogens (tertiary/aromatic N) is 2. The van der Waals surface area contributed by atoms with Gasteiger partial charge in [-0.25, -0.2) is 8.42 Å². The van der Waals surface area contributed by atoms with Crippen LogP contribution in [0.25, 0.3) is 0 Å². The summed E-state index contributed by atoms with van der Waals surface area (Å²) in [7, 11) is -3.29. The Hall–Kier alpha value is -0.880. The minimum atomic E-state index is -3.29. The smallest absolute Gasteiger partial charge is 0.220 e. The Morgan fingerprint density at radius 2 is 2.25 bits per heavy atom. The first kappa shape index (κ1) is 15.5. The van der Waals surface area contributed by atoms with Crippen LogP contribution in [0.4, 0.5) is 0 Å². The molecule has 5 nitrogen and oxygen atoms in total. The molecule has 1 atom stereocenters. The molecule has 1 aliphatic heterocycles. The van der Waals surface area contributed by atoms with Crippen LogP contribution in [0.2, 0.25) is 0 Å². The van der Waals surface area contributed by atoms with Crippen molar-refractivity contribution in [3.05, 3.63) is 18.0 Å². The largest absolute Gasteiger partial charge is 0.364 e. The van der Waals surface area contributed by atoms with E-state index in [-0.39, 0.29) is 11.8 Å². The topological polar surface area (TPSA) is 63.4 Å². The van der Waals surface area contributed by atoms with Crippen molar-refractivity contribution in [2.75, 3.05) is 6.54 Å². The Morgan fingerprint density at radius 3 is 2.90 bits per heavy atom. The number of sulfonamides is 1. The van der Waals surface area contributed by atoms with Gasteiger partial charge in [0.1, 0.15) is 12.0 Å². The maximum atomic E-state index is 12.6. The van der Waals surface area contributed by atoms with Crippen LogP contribution in [0.15, 0.2) is 16.9 Å². The second-order valence-electron chi connectivity index (χ2n) is 5.98. The van der Waals surface area contributed by atoms with Gasteiger partial charge in [0, 0.05) is 18.7 Å². The van der Waals surface area contributed by atoms with E-state index in [0.717, 1.165) is 32.1 Å². The molecule has 1 aromatic heterocycles. The van der Waals surface area contributed by atoms with Crippen LogP contribution in [-0.4, -0.2) is 30.5 Å². The lowest BCUT2D eigenvalue weighted by Gasteiger charge is -2.35. The van der Waals surface area contributed by atoms with Crippen LogP contribution < -0.4 is 0 Å². The maximum absolute atomic E-state index is 12.6. The van der Waals surface area contributed by atoms with Gasteiger partial charge in [-0.05, 0) is 31.6 Å². The lowest BCUT2D eigenvalue weighted by Crippen LogP contribution is -2.44. The number of aromatic nitrogens is 1. The molecule has 114 valence electrons. The predicted octanol–water partition coefficient (Wildman–Crippen LogP) is 2.80. The fourth-order valence-corrected chi connectivity index (χ4v) is 4.50. The van der Waals surface area contributed by atoms with Crippen molar-refractivity contribution in [2.45, 2.75) is 57.7 Å². The SMILES string of the molecule is CC(C)CCC1CCCCN1S(=O)(=O)Cc1ccon1. The molecule has 0 spiro atoms. The van der Waals surface area contributed by atoms with Crippen LogP contribution in [-0.2, 0) is 15.8 Å². The normalized spacial score (nSPS) is 21.4. The van der Waals surface area contributed by atoms with Crippen LogP contribution >= 0.6 is 0 Å². The molecule has 20 heavy (non-hydrogen) atoms. The summed E-state index contributed by atoms with van der Waals surface area (Å²) in [6.45, 7) is 5.00. The molecule has 0 N–H and O–H groups in total. The molecule has 1 saturated heterocycles. The molecular weight excluding hydrogens is 276 g/mol. The van der Waals surface area contributed by atoms with Gasteiger partial charge in [0.25, 0.3) is 0 Å². The van der Waals surface area contributed by atoms with Gasteiger partial charge in [-0.3, -0.25) is 0 Å². The molecule has 1 fully saturated rings. The molecule has 0 amide bonds. The molecule has 1 aromatic rings. The highest BCUT2D eigenvalue weighted by Crippen LogP contribution is 2.26. The summed E-state index contributed by atoms with van der Waals surface area (Å²) in [5.41, 5.74) is 0.484. The van der Waals surface area contributed by atoms with Crippen LogP contribution in [0, 0.1) is 5.92 Å². The molecule has 6 heteroatoms. The Labute approximate surface area is 121 Å². The quantitative estimate of drug-likeness (QED) is 0.810. The van der Waals surface area contributed by atoms with Crippen LogP contribution in [0.1, 0.15) is 51.6 Å². The van der Waals surface area contributed by atoms with Crippen molar-refractivity contribution < 1.29 is 12.9 Å². The molecule has 1 aliphatic rings. The van der Waals surface area contributed by atoms with E-state index in [2.05, 4.69) is 19.0 Å². The fraction of sp³-hybridized carbons (Fsp3) is 0.786. The number of hydrogen-bond donors (Lipinski definition) is 0. The van der Waals surface area contributed by atoms with Gasteiger partial charge in [0.15, 0.2) is 0 Å². The summed E-state index contributed by atoms with van der Waals surface area (Å²) in [6, 6.07) is 1.77. The summed E-state index contributed by atoms with van der Waals surface area (Å²) >= 11 is 0. The van der Waals surface area contributed by atoms with E-state index in [4.69, 9.17) is 4.52 Å². The lowest BCUT2D eigenvalue weighted by molar-refractivity contribution is 0.230. The van der Waals surface area contributed by atoms with E-state index in [1.807, 2.05) is 0 Å². The zero-order chi connectivity index (χ0) is 14.6. The highest BCUT2D eigenvalue weighted by molar-refractivity contribution is 7.88. The monoisotopic (exact) mass is 300 g/mol. The van der Waals surface area contributed by atoms with E-state index in [1.54, 1.807) is 10.4 Å². The molecular formula is C14H24N2O3S. The summed E-state index contributed by atoms with van der Waals surface area (Å²) in [4.78, 5) is 0. The number of hydrogen-bond acceptors (Lipinski definition) is 4. The van der Waals surface area contributed by atoms with Gasteiger partial charge in [-0.1, -0.05) is 25.4 Å². The summed E-state index contributed by atoms with van der Waals surface area (Å²) in [5, 5.41) is 3.71. The first-order valence-electron chi connectivity index (χ1n) is 7.38. The highest BCUT2D eigenvalue weighted by atomic mass is 32.2. The predicted molar refractivity (Wildman–Crippen MR) is 77.5 cm³/mol. The van der Waals surface area contributed by atoms with Gasteiger partial charge in [0.05, 0.1) is 5.69 Å². The third kappa shape index (κ3) is 4.06. The van der Waals surface area contributed by atoms with Crippen molar-refractivity contribution in [1.29, 1.82) is 0 Å². The number of rotatable bonds is 6. The Kier molecular flexibility index (Phi) is 5.21. The first-order valence-corrected chi connectivity index (χ1v) is 8.99. The molecule has 1 unspecified atom stereocenters. The van der Waals surface area contributed by atoms with Crippen molar-refractivity contribution >= 4 is 10.0 Å². The third-order valence-corrected chi connectivity index (χ3v) is 5.69. The van der Waals surface area contributed by atoms with Crippen LogP contribution in [0.3, 0.4) is 0 Å². The van der Waals surface area contributed by atoms with E-state index in [1.165, 1.54) is 6.26 Å². The minimum absolute atomic E-state index is 0.0539. The zero-order valence-electron chi connectivity index (χ0n) is 12.3. The summed E-state index contributed by atoms with van der Waals surface area (Å²) in [6.07, 6.45) is 6.49. The van der Waals surface area contributed by atoms with Gasteiger partial charge in [-0.2, -0.15) is 4.31 Å². The Balaban J connectivity index is 2.06. The molecule has 0 saturated carbocycles. The van der Waals surface area contributed by atoms with Crippen molar-refractivity contribution in [2.24, 2.45) is 5.92 Å². The third-order valence-electron chi connectivity index (χ3n) is 3.83. The van der Waals surface area contributed by atoms with Gasteiger partial charge < -0.3 is 4.52 Å². The zero-order valence-corrected chi connectivity index (χ0v) is 13.1. The van der Waals surface area contributed by atoms with Gasteiger partial charge >= 0.3 is 0 Å². The van der Waals surface area contributed by atoms with E-state index in [9.17, 15) is 8.42 Å². The van der Waals surface area contributed by atoms with E-state index < -0.39 is 10.0 Å². The Morgan fingerprint density at radius 1 is 1.45 bits per heavy atom. The standard InChI is InChI=1S/C14H24N2O3S/c1-12(2)6-7-14-5-3-4-9-16(14)20(17,18)11-13-8-10-19-15-13/h8,10,12,14H,3-7,9,11H2,1-2H3. The lowest BCUT2D eigenvalue weighted by atomic mass is 9.97. The van der Waals surface area contributed by atoms with Gasteiger partial charge in [-0.15, -0.1) is 0 Å². The van der Waals surface area contributed by atoms with Crippen molar-refractivity contribution in [3.63, 3.8) is 0 Å². The average Bonchev–Trinajstić information content (AvgIpc) is 2.88. The van der Waals surface area contributed by atoms with E-state index >= 15 is 0 Å². The van der Waals surface area contributed by atoms with Crippen molar-refractivity contribution in [1.82, 2.24) is 9.46 Å². The van der Waals surface area contributed by atoms with Gasteiger partial charge in [0.2, 0.25) is 10.0 Å². The molecule has 2 heterocycles. The first-order chi connectivity index (χ1) is 9.49. The molecule has 2 rings (SSSR count). The maximum Gasteiger partial charge on any atom is 0.220 e. The fourth-order valence-electron chi connectivity index (χ4n) is 2.74. The average molecular weight is 300 g/mol. The van der Waals surface area contributed by atoms with Crippen molar-refractivity contribution in [3.8, 4) is 0 Å². The summed E-state index contributed by atoms with van der Waals surface area (Å²) < 4.78 is 31.5. The second kappa shape index (κ2) is 6.72. The highest BCUT2D eigenvalue weighted by Gasteiger charge is 2.32. The Bertz CT molecular complexity index is 496. The molecule has 0 aliphatic carbocycles. The second-order valence-corrected chi connectivity index (χ2v) is 7.90. The van der Waals surface area contributed by atoms with Crippen LogP contribution in [0.5, 0.6) is 0 Å². The molecule has 0 aromatic carbocycles. The number of piperidine rings is 1. The summed E-state index contributed by atoms with van der Waals surface area (Å²) in [5.74, 6) is 0.554. The van der Waals surface area contributed by atoms with E-state index in [0.29, 0.717) is 18.2 Å².